The van der Waals surface area contributed by atoms with E-state index in [4.69, 9.17) is 16.3 Å². The highest BCUT2D eigenvalue weighted by molar-refractivity contribution is 6.30. The predicted molar refractivity (Wildman–Crippen MR) is 61.2 cm³/mol. The lowest BCUT2D eigenvalue weighted by atomic mass is 10.1. The third-order valence-electron chi connectivity index (χ3n) is 2.12. The van der Waals surface area contributed by atoms with Crippen molar-refractivity contribution in [2.45, 2.75) is 19.8 Å². The summed E-state index contributed by atoms with van der Waals surface area (Å²) in [5.74, 6) is -0.441. The van der Waals surface area contributed by atoms with Crippen molar-refractivity contribution in [2.24, 2.45) is 0 Å². The first-order valence-corrected chi connectivity index (χ1v) is 5.54. The van der Waals surface area contributed by atoms with Gasteiger partial charge in [-0.1, -0.05) is 11.6 Å². The quantitative estimate of drug-likeness (QED) is 0.719. The van der Waals surface area contributed by atoms with Gasteiger partial charge in [0.1, 0.15) is 11.6 Å². The Bertz CT molecular complexity index is 366. The minimum atomic E-state index is -0.394. The molecule has 0 heterocycles. The van der Waals surface area contributed by atoms with E-state index in [1.807, 2.05) is 6.92 Å². The van der Waals surface area contributed by atoms with E-state index in [1.54, 1.807) is 0 Å². The lowest BCUT2D eigenvalue weighted by molar-refractivity contribution is -0.119. The van der Waals surface area contributed by atoms with E-state index in [0.717, 1.165) is 0 Å². The van der Waals surface area contributed by atoms with E-state index in [-0.39, 0.29) is 12.2 Å². The van der Waals surface area contributed by atoms with Crippen LogP contribution in [0.3, 0.4) is 0 Å². The molecule has 0 aromatic heterocycles. The highest BCUT2D eigenvalue weighted by Crippen LogP contribution is 2.15. The SMILES string of the molecule is CCOCCC(=O)Cc1cc(Cl)ccc1F. The maximum Gasteiger partial charge on any atom is 0.139 e. The van der Waals surface area contributed by atoms with Gasteiger partial charge in [-0.3, -0.25) is 4.79 Å². The molecule has 1 aromatic carbocycles. The van der Waals surface area contributed by atoms with Crippen molar-refractivity contribution < 1.29 is 13.9 Å². The molecule has 2 nitrogen and oxygen atoms in total. The third kappa shape index (κ3) is 4.29. The summed E-state index contributed by atoms with van der Waals surface area (Å²) in [5.41, 5.74) is 0.342. The fraction of sp³-hybridized carbons (Fsp3) is 0.417. The topological polar surface area (TPSA) is 26.3 Å². The van der Waals surface area contributed by atoms with Gasteiger partial charge in [-0.15, -0.1) is 0 Å². The molecular formula is C12H14ClFO2. The van der Waals surface area contributed by atoms with Crippen molar-refractivity contribution in [3.8, 4) is 0 Å². The average Bonchev–Trinajstić information content (AvgIpc) is 2.24. The second-order valence-corrected chi connectivity index (χ2v) is 3.83. The minimum Gasteiger partial charge on any atom is -0.381 e. The van der Waals surface area contributed by atoms with E-state index in [2.05, 4.69) is 0 Å². The number of carbonyl (C=O) groups excluding carboxylic acids is 1. The molecule has 0 amide bonds. The second-order valence-electron chi connectivity index (χ2n) is 3.40. The molecule has 0 unspecified atom stereocenters. The van der Waals surface area contributed by atoms with E-state index in [0.29, 0.717) is 30.2 Å². The Balaban J connectivity index is 2.52. The van der Waals surface area contributed by atoms with Crippen LogP contribution in [0.15, 0.2) is 18.2 Å². The molecule has 1 aromatic rings. The molecule has 0 saturated carbocycles. The number of hydrogen-bond acceptors (Lipinski definition) is 2. The van der Waals surface area contributed by atoms with Gasteiger partial charge in [0.2, 0.25) is 0 Å². The second kappa shape index (κ2) is 6.61. The predicted octanol–water partition coefficient (Wildman–Crippen LogP) is 3.02. The van der Waals surface area contributed by atoms with E-state index in [9.17, 15) is 9.18 Å². The monoisotopic (exact) mass is 244 g/mol. The van der Waals surface area contributed by atoms with Crippen LogP contribution in [0, 0.1) is 5.82 Å². The van der Waals surface area contributed by atoms with Crippen molar-refractivity contribution in [2.75, 3.05) is 13.2 Å². The highest BCUT2D eigenvalue weighted by atomic mass is 35.5. The van der Waals surface area contributed by atoms with Crippen molar-refractivity contribution in [1.29, 1.82) is 0 Å². The highest BCUT2D eigenvalue weighted by Gasteiger charge is 2.08. The molecule has 0 aliphatic heterocycles. The molecule has 0 fully saturated rings. The zero-order valence-corrected chi connectivity index (χ0v) is 9.89. The van der Waals surface area contributed by atoms with Crippen molar-refractivity contribution >= 4 is 17.4 Å². The summed E-state index contributed by atoms with van der Waals surface area (Å²) in [7, 11) is 0. The Morgan fingerprint density at radius 3 is 2.94 bits per heavy atom. The van der Waals surface area contributed by atoms with Gasteiger partial charge in [0, 0.05) is 24.5 Å². The normalized spacial score (nSPS) is 10.4. The number of ketones is 1. The van der Waals surface area contributed by atoms with Crippen molar-refractivity contribution in [3.05, 3.63) is 34.6 Å². The lowest BCUT2D eigenvalue weighted by Crippen LogP contribution is -2.08. The van der Waals surface area contributed by atoms with Gasteiger partial charge in [-0.05, 0) is 30.7 Å². The first kappa shape index (κ1) is 13.1. The average molecular weight is 245 g/mol. The summed E-state index contributed by atoms with van der Waals surface area (Å²) in [6, 6.07) is 4.22. The van der Waals surface area contributed by atoms with Gasteiger partial charge in [-0.2, -0.15) is 0 Å². The van der Waals surface area contributed by atoms with Gasteiger partial charge in [0.05, 0.1) is 6.61 Å². The van der Waals surface area contributed by atoms with Crippen LogP contribution in [0.25, 0.3) is 0 Å². The molecule has 0 aliphatic rings. The molecular weight excluding hydrogens is 231 g/mol. The van der Waals surface area contributed by atoms with Gasteiger partial charge in [-0.25, -0.2) is 4.39 Å². The van der Waals surface area contributed by atoms with Crippen LogP contribution in [-0.2, 0) is 16.0 Å². The van der Waals surface area contributed by atoms with Crippen molar-refractivity contribution in [3.63, 3.8) is 0 Å². The van der Waals surface area contributed by atoms with Gasteiger partial charge < -0.3 is 4.74 Å². The summed E-state index contributed by atoms with van der Waals surface area (Å²) in [4.78, 5) is 11.5. The molecule has 0 aliphatic carbocycles. The Hall–Kier alpha value is -0.930. The molecule has 0 N–H and O–H groups in total. The summed E-state index contributed by atoms with van der Waals surface area (Å²) in [6.07, 6.45) is 0.374. The van der Waals surface area contributed by atoms with Crippen molar-refractivity contribution in [1.82, 2.24) is 0 Å². The van der Waals surface area contributed by atoms with Crippen LogP contribution < -0.4 is 0 Å². The summed E-state index contributed by atoms with van der Waals surface area (Å²) >= 11 is 5.72. The fourth-order valence-electron chi connectivity index (χ4n) is 1.31. The zero-order valence-electron chi connectivity index (χ0n) is 9.13. The Morgan fingerprint density at radius 2 is 2.25 bits per heavy atom. The van der Waals surface area contributed by atoms with Crippen LogP contribution in [-0.4, -0.2) is 19.0 Å². The summed E-state index contributed by atoms with van der Waals surface area (Å²) in [5, 5.41) is 0.439. The fourth-order valence-corrected chi connectivity index (χ4v) is 1.50. The maximum atomic E-state index is 13.3. The number of hydrogen-bond donors (Lipinski definition) is 0. The molecule has 0 atom stereocenters. The molecule has 4 heteroatoms. The summed E-state index contributed by atoms with van der Waals surface area (Å²) < 4.78 is 18.3. The van der Waals surface area contributed by atoms with Gasteiger partial charge in [0.15, 0.2) is 0 Å². The van der Waals surface area contributed by atoms with Crippen LogP contribution in [0.5, 0.6) is 0 Å². The van der Waals surface area contributed by atoms with Crippen LogP contribution in [0.1, 0.15) is 18.9 Å². The van der Waals surface area contributed by atoms with E-state index in [1.165, 1.54) is 18.2 Å². The number of rotatable bonds is 6. The summed E-state index contributed by atoms with van der Waals surface area (Å²) in [6.45, 7) is 2.83. The standard InChI is InChI=1S/C12H14ClFO2/c1-2-16-6-5-11(15)8-9-7-10(13)3-4-12(9)14/h3-4,7H,2,5-6,8H2,1H3. The number of ether oxygens (including phenoxy) is 1. The molecule has 88 valence electrons. The lowest BCUT2D eigenvalue weighted by Gasteiger charge is -2.03. The van der Waals surface area contributed by atoms with E-state index < -0.39 is 5.82 Å². The minimum absolute atomic E-state index is 0.0467. The molecule has 16 heavy (non-hydrogen) atoms. The van der Waals surface area contributed by atoms with Crippen LogP contribution in [0.2, 0.25) is 5.02 Å². The van der Waals surface area contributed by atoms with Gasteiger partial charge in [0.25, 0.3) is 0 Å². The van der Waals surface area contributed by atoms with E-state index >= 15 is 0 Å². The Kier molecular flexibility index (Phi) is 5.43. The largest absolute Gasteiger partial charge is 0.381 e. The Labute approximate surface area is 99.4 Å². The third-order valence-corrected chi connectivity index (χ3v) is 2.36. The number of benzene rings is 1. The number of halogens is 2. The smallest absolute Gasteiger partial charge is 0.139 e. The van der Waals surface area contributed by atoms with Crippen LogP contribution >= 0.6 is 11.6 Å². The number of carbonyl (C=O) groups is 1. The maximum absolute atomic E-state index is 13.3. The molecule has 0 spiro atoms. The first-order chi connectivity index (χ1) is 7.63. The molecule has 1 rings (SSSR count). The van der Waals surface area contributed by atoms with Crippen LogP contribution in [0.4, 0.5) is 4.39 Å². The first-order valence-electron chi connectivity index (χ1n) is 5.17. The van der Waals surface area contributed by atoms with Gasteiger partial charge >= 0.3 is 0 Å². The molecule has 0 bridgehead atoms. The Morgan fingerprint density at radius 1 is 1.50 bits per heavy atom. The molecule has 0 radical (unpaired) electrons. The molecule has 0 saturated heterocycles. The zero-order chi connectivity index (χ0) is 12.0. The number of Topliss-reactive ketones (excluding diaryl/α,β-unsaturated/α-hetero) is 1.